The summed E-state index contributed by atoms with van der Waals surface area (Å²) < 4.78 is 5.11. The molecular weight excluding hydrogens is 166 g/mol. The van der Waals surface area contributed by atoms with Gasteiger partial charge in [-0.1, -0.05) is 32.1 Å². The van der Waals surface area contributed by atoms with Crippen molar-refractivity contribution in [3.05, 3.63) is 0 Å². The Hall–Kier alpha value is -0.730. The number of amides is 1. The number of hydrogen-bond donors (Lipinski definition) is 1. The standard InChI is InChI=1S/C10H17NO2/c12-10-11-7-9(13-10)6-8-4-2-1-3-5-8/h8-9H,1-7H2,(H,11,12). The zero-order valence-corrected chi connectivity index (χ0v) is 7.92. The second-order valence-electron chi connectivity index (χ2n) is 4.15. The molecule has 1 unspecified atom stereocenters. The molecule has 2 aliphatic rings. The molecule has 0 bridgehead atoms. The molecule has 2 rings (SSSR count). The topological polar surface area (TPSA) is 38.3 Å². The summed E-state index contributed by atoms with van der Waals surface area (Å²) in [5.74, 6) is 0.798. The Morgan fingerprint density at radius 1 is 1.31 bits per heavy atom. The van der Waals surface area contributed by atoms with Gasteiger partial charge in [0.25, 0.3) is 0 Å². The number of ether oxygens (including phenoxy) is 1. The summed E-state index contributed by atoms with van der Waals surface area (Å²) in [5.41, 5.74) is 0. The van der Waals surface area contributed by atoms with Gasteiger partial charge < -0.3 is 10.1 Å². The molecule has 2 fully saturated rings. The van der Waals surface area contributed by atoms with Gasteiger partial charge in [0.05, 0.1) is 6.54 Å². The lowest BCUT2D eigenvalue weighted by Gasteiger charge is -2.23. The van der Waals surface area contributed by atoms with Crippen LogP contribution in [0.2, 0.25) is 0 Å². The van der Waals surface area contributed by atoms with Crippen molar-refractivity contribution in [1.29, 1.82) is 0 Å². The molecular formula is C10H17NO2. The van der Waals surface area contributed by atoms with E-state index in [0.717, 1.165) is 18.9 Å². The summed E-state index contributed by atoms with van der Waals surface area (Å²) >= 11 is 0. The third kappa shape index (κ3) is 2.36. The molecule has 1 aliphatic carbocycles. The SMILES string of the molecule is O=C1NCC(CC2CCCCC2)O1. The highest BCUT2D eigenvalue weighted by Gasteiger charge is 2.26. The monoisotopic (exact) mass is 183 g/mol. The Morgan fingerprint density at radius 3 is 2.69 bits per heavy atom. The fourth-order valence-electron chi connectivity index (χ4n) is 2.36. The van der Waals surface area contributed by atoms with Gasteiger partial charge in [-0.15, -0.1) is 0 Å². The van der Waals surface area contributed by atoms with Crippen molar-refractivity contribution in [3.8, 4) is 0 Å². The van der Waals surface area contributed by atoms with E-state index in [4.69, 9.17) is 4.74 Å². The third-order valence-corrected chi connectivity index (χ3v) is 3.07. The fraction of sp³-hybridized carbons (Fsp3) is 0.900. The van der Waals surface area contributed by atoms with Crippen LogP contribution in [0.15, 0.2) is 0 Å². The van der Waals surface area contributed by atoms with Gasteiger partial charge in [-0.3, -0.25) is 0 Å². The summed E-state index contributed by atoms with van der Waals surface area (Å²) in [6.07, 6.45) is 7.74. The maximum Gasteiger partial charge on any atom is 0.407 e. The van der Waals surface area contributed by atoms with Crippen molar-refractivity contribution in [2.24, 2.45) is 5.92 Å². The average molecular weight is 183 g/mol. The summed E-state index contributed by atoms with van der Waals surface area (Å²) in [6.45, 7) is 0.718. The van der Waals surface area contributed by atoms with Crippen molar-refractivity contribution in [1.82, 2.24) is 5.32 Å². The molecule has 1 saturated carbocycles. The zero-order valence-electron chi connectivity index (χ0n) is 7.92. The van der Waals surface area contributed by atoms with Crippen LogP contribution in [0, 0.1) is 5.92 Å². The van der Waals surface area contributed by atoms with Crippen LogP contribution >= 0.6 is 0 Å². The number of carbonyl (C=O) groups excluding carboxylic acids is 1. The maximum atomic E-state index is 10.8. The quantitative estimate of drug-likeness (QED) is 0.711. The van der Waals surface area contributed by atoms with Crippen molar-refractivity contribution in [2.75, 3.05) is 6.54 Å². The first-order valence-corrected chi connectivity index (χ1v) is 5.29. The number of hydrogen-bond acceptors (Lipinski definition) is 2. The first-order chi connectivity index (χ1) is 6.34. The van der Waals surface area contributed by atoms with E-state index in [2.05, 4.69) is 5.32 Å². The first kappa shape index (κ1) is 8.85. The lowest BCUT2D eigenvalue weighted by atomic mass is 9.85. The second kappa shape index (κ2) is 3.99. The summed E-state index contributed by atoms with van der Waals surface area (Å²) in [7, 11) is 0. The molecule has 1 heterocycles. The van der Waals surface area contributed by atoms with Crippen LogP contribution in [0.1, 0.15) is 38.5 Å². The highest BCUT2D eigenvalue weighted by molar-refractivity contribution is 5.69. The number of rotatable bonds is 2. The largest absolute Gasteiger partial charge is 0.444 e. The van der Waals surface area contributed by atoms with Crippen LogP contribution in [0.25, 0.3) is 0 Å². The molecule has 1 saturated heterocycles. The zero-order chi connectivity index (χ0) is 9.10. The number of alkyl carbamates (subject to hydrolysis) is 1. The molecule has 74 valence electrons. The molecule has 3 heteroatoms. The predicted octanol–water partition coefficient (Wildman–Crippen LogP) is 2.07. The van der Waals surface area contributed by atoms with E-state index in [1.807, 2.05) is 0 Å². The molecule has 0 aromatic rings. The van der Waals surface area contributed by atoms with Gasteiger partial charge in [-0.05, 0) is 12.3 Å². The Morgan fingerprint density at radius 2 is 2.08 bits per heavy atom. The minimum absolute atomic E-state index is 0.149. The predicted molar refractivity (Wildman–Crippen MR) is 49.5 cm³/mol. The molecule has 1 atom stereocenters. The number of carbonyl (C=O) groups is 1. The Bertz CT molecular complexity index is 187. The van der Waals surface area contributed by atoms with Crippen LogP contribution in [0.3, 0.4) is 0 Å². The molecule has 0 aromatic carbocycles. The molecule has 1 amide bonds. The normalized spacial score (nSPS) is 29.8. The lowest BCUT2D eigenvalue weighted by Crippen LogP contribution is -2.19. The highest BCUT2D eigenvalue weighted by atomic mass is 16.6. The smallest absolute Gasteiger partial charge is 0.407 e. The van der Waals surface area contributed by atoms with E-state index < -0.39 is 0 Å². The summed E-state index contributed by atoms with van der Waals surface area (Å²) in [4.78, 5) is 10.8. The second-order valence-corrected chi connectivity index (χ2v) is 4.15. The molecule has 1 N–H and O–H groups in total. The highest BCUT2D eigenvalue weighted by Crippen LogP contribution is 2.28. The van der Waals surface area contributed by atoms with Gasteiger partial charge in [-0.25, -0.2) is 4.79 Å². The Kier molecular flexibility index (Phi) is 2.71. The minimum atomic E-state index is -0.235. The van der Waals surface area contributed by atoms with Crippen molar-refractivity contribution < 1.29 is 9.53 Å². The van der Waals surface area contributed by atoms with Crippen molar-refractivity contribution in [2.45, 2.75) is 44.6 Å². The van der Waals surface area contributed by atoms with Gasteiger partial charge in [0, 0.05) is 0 Å². The van der Waals surface area contributed by atoms with Gasteiger partial charge >= 0.3 is 6.09 Å². The molecule has 13 heavy (non-hydrogen) atoms. The van der Waals surface area contributed by atoms with E-state index in [-0.39, 0.29) is 12.2 Å². The molecule has 0 radical (unpaired) electrons. The molecule has 0 spiro atoms. The van der Waals surface area contributed by atoms with Gasteiger partial charge in [0.1, 0.15) is 6.10 Å². The van der Waals surface area contributed by atoms with E-state index in [1.165, 1.54) is 32.1 Å². The van der Waals surface area contributed by atoms with Gasteiger partial charge in [0.2, 0.25) is 0 Å². The van der Waals surface area contributed by atoms with Crippen LogP contribution in [0.5, 0.6) is 0 Å². The Balaban J connectivity index is 1.73. The van der Waals surface area contributed by atoms with Crippen LogP contribution in [-0.2, 0) is 4.74 Å². The van der Waals surface area contributed by atoms with Gasteiger partial charge in [0.15, 0.2) is 0 Å². The molecule has 3 nitrogen and oxygen atoms in total. The van der Waals surface area contributed by atoms with E-state index in [1.54, 1.807) is 0 Å². The van der Waals surface area contributed by atoms with E-state index >= 15 is 0 Å². The number of cyclic esters (lactones) is 1. The molecule has 0 aromatic heterocycles. The summed E-state index contributed by atoms with van der Waals surface area (Å²) in [6, 6.07) is 0. The Labute approximate surface area is 78.8 Å². The van der Waals surface area contributed by atoms with Crippen LogP contribution in [0.4, 0.5) is 4.79 Å². The van der Waals surface area contributed by atoms with Crippen molar-refractivity contribution >= 4 is 6.09 Å². The minimum Gasteiger partial charge on any atom is -0.444 e. The number of nitrogens with one attached hydrogen (secondary N) is 1. The third-order valence-electron chi connectivity index (χ3n) is 3.07. The lowest BCUT2D eigenvalue weighted by molar-refractivity contribution is 0.119. The van der Waals surface area contributed by atoms with E-state index in [9.17, 15) is 4.79 Å². The van der Waals surface area contributed by atoms with Crippen LogP contribution < -0.4 is 5.32 Å². The molecule has 1 aliphatic heterocycles. The van der Waals surface area contributed by atoms with Crippen LogP contribution in [-0.4, -0.2) is 18.7 Å². The first-order valence-electron chi connectivity index (χ1n) is 5.29. The summed E-state index contributed by atoms with van der Waals surface area (Å²) in [5, 5.41) is 2.70. The van der Waals surface area contributed by atoms with E-state index in [0.29, 0.717) is 0 Å². The maximum absolute atomic E-state index is 10.8. The van der Waals surface area contributed by atoms with Gasteiger partial charge in [-0.2, -0.15) is 0 Å². The average Bonchev–Trinajstić information content (AvgIpc) is 2.53. The fourth-order valence-corrected chi connectivity index (χ4v) is 2.36. The van der Waals surface area contributed by atoms with Crippen molar-refractivity contribution in [3.63, 3.8) is 0 Å².